The Labute approximate surface area is 146 Å². The highest BCUT2D eigenvalue weighted by molar-refractivity contribution is 8.18. The molecule has 0 saturated carbocycles. The first kappa shape index (κ1) is 16.5. The summed E-state index contributed by atoms with van der Waals surface area (Å²) in [6, 6.07) is 12.2. The van der Waals surface area contributed by atoms with E-state index in [9.17, 15) is 4.79 Å². The molecule has 2 aromatic carbocycles. The summed E-state index contributed by atoms with van der Waals surface area (Å²) in [5.74, 6) is -0.0926. The van der Waals surface area contributed by atoms with Crippen LogP contribution in [-0.2, 0) is 4.79 Å². The fourth-order valence-corrected chi connectivity index (χ4v) is 3.38. The van der Waals surface area contributed by atoms with E-state index in [1.165, 1.54) is 28.5 Å². The maximum atomic E-state index is 12.2. The van der Waals surface area contributed by atoms with E-state index in [1.54, 1.807) is 0 Å². The molecule has 0 radical (unpaired) electrons. The summed E-state index contributed by atoms with van der Waals surface area (Å²) < 4.78 is 0. The average Bonchev–Trinajstić information content (AvgIpc) is 2.87. The fourth-order valence-electron chi connectivity index (χ4n) is 2.56. The number of amides is 1. The van der Waals surface area contributed by atoms with E-state index in [2.05, 4.69) is 43.2 Å². The van der Waals surface area contributed by atoms with E-state index in [1.807, 2.05) is 37.3 Å². The van der Waals surface area contributed by atoms with Crippen molar-refractivity contribution in [3.8, 4) is 0 Å². The van der Waals surface area contributed by atoms with Gasteiger partial charge in [0.2, 0.25) is 0 Å². The number of hydrogen-bond donors (Lipinski definition) is 1. The Morgan fingerprint density at radius 2 is 1.67 bits per heavy atom. The van der Waals surface area contributed by atoms with Gasteiger partial charge in [0.1, 0.15) is 0 Å². The van der Waals surface area contributed by atoms with E-state index in [0.717, 1.165) is 16.8 Å². The molecular formula is C20H20N2OS. The van der Waals surface area contributed by atoms with E-state index >= 15 is 0 Å². The van der Waals surface area contributed by atoms with Crippen molar-refractivity contribution in [1.29, 1.82) is 0 Å². The van der Waals surface area contributed by atoms with Crippen LogP contribution in [0.25, 0.3) is 6.08 Å². The molecule has 0 bridgehead atoms. The molecule has 1 heterocycles. The minimum atomic E-state index is -0.0926. The number of amidine groups is 1. The number of rotatable bonds is 2. The van der Waals surface area contributed by atoms with E-state index in [-0.39, 0.29) is 5.91 Å². The van der Waals surface area contributed by atoms with Gasteiger partial charge in [-0.15, -0.1) is 0 Å². The van der Waals surface area contributed by atoms with Gasteiger partial charge in [0, 0.05) is 0 Å². The Hall–Kier alpha value is -2.33. The third-order valence-electron chi connectivity index (χ3n) is 4.16. The predicted octanol–water partition coefficient (Wildman–Crippen LogP) is 4.81. The molecule has 1 fully saturated rings. The van der Waals surface area contributed by atoms with Crippen LogP contribution < -0.4 is 5.32 Å². The molecule has 1 N–H and O–H groups in total. The van der Waals surface area contributed by atoms with Crippen molar-refractivity contribution >= 4 is 34.6 Å². The third kappa shape index (κ3) is 3.44. The molecule has 1 aliphatic rings. The lowest BCUT2D eigenvalue weighted by Gasteiger charge is -2.06. The molecule has 4 heteroatoms. The van der Waals surface area contributed by atoms with Crippen LogP contribution in [0.15, 0.2) is 46.3 Å². The van der Waals surface area contributed by atoms with Gasteiger partial charge in [-0.2, -0.15) is 0 Å². The molecule has 0 aromatic heterocycles. The molecule has 1 aliphatic heterocycles. The molecule has 3 nitrogen and oxygen atoms in total. The number of thioether (sulfide) groups is 1. The highest BCUT2D eigenvalue weighted by Gasteiger charge is 2.24. The molecule has 24 heavy (non-hydrogen) atoms. The van der Waals surface area contributed by atoms with Crippen molar-refractivity contribution in [2.45, 2.75) is 27.7 Å². The van der Waals surface area contributed by atoms with Crippen molar-refractivity contribution < 1.29 is 4.79 Å². The van der Waals surface area contributed by atoms with Gasteiger partial charge >= 0.3 is 0 Å². The van der Waals surface area contributed by atoms with Crippen molar-refractivity contribution in [1.82, 2.24) is 5.32 Å². The number of aliphatic imine (C=N–C) groups is 1. The zero-order chi connectivity index (χ0) is 17.3. The van der Waals surface area contributed by atoms with Crippen LogP contribution in [-0.4, -0.2) is 11.1 Å². The first-order valence-electron chi connectivity index (χ1n) is 7.87. The standard InChI is InChI=1S/C20H20N2OS/c1-12-7-5-6-8-17(12)21-20-22-19(23)18(24-20)11-16-10-14(3)13(2)9-15(16)4/h5-11H,1-4H3,(H,21,22,23)/b18-11-. The van der Waals surface area contributed by atoms with Crippen LogP contribution >= 0.6 is 11.8 Å². The SMILES string of the molecule is Cc1cc(C)c(/C=C2\SC(=Nc3ccccc3C)NC2=O)cc1C. The van der Waals surface area contributed by atoms with Crippen molar-refractivity contribution in [2.24, 2.45) is 4.99 Å². The maximum Gasteiger partial charge on any atom is 0.264 e. The zero-order valence-corrected chi connectivity index (χ0v) is 15.1. The molecule has 0 unspecified atom stereocenters. The summed E-state index contributed by atoms with van der Waals surface area (Å²) in [6.45, 7) is 8.27. The number of aryl methyl sites for hydroxylation is 4. The van der Waals surface area contributed by atoms with Gasteiger partial charge in [-0.1, -0.05) is 30.3 Å². The van der Waals surface area contributed by atoms with Gasteiger partial charge < -0.3 is 5.32 Å². The van der Waals surface area contributed by atoms with E-state index in [4.69, 9.17) is 0 Å². The van der Waals surface area contributed by atoms with Gasteiger partial charge in [0.05, 0.1) is 10.6 Å². The summed E-state index contributed by atoms with van der Waals surface area (Å²) in [5.41, 5.74) is 6.70. The van der Waals surface area contributed by atoms with Crippen molar-refractivity contribution in [2.75, 3.05) is 0 Å². The molecule has 0 spiro atoms. The van der Waals surface area contributed by atoms with E-state index in [0.29, 0.717) is 10.1 Å². The molecule has 0 atom stereocenters. The van der Waals surface area contributed by atoms with Gasteiger partial charge in [-0.25, -0.2) is 4.99 Å². The molecule has 2 aromatic rings. The number of nitrogens with one attached hydrogen (secondary N) is 1. The molecular weight excluding hydrogens is 316 g/mol. The third-order valence-corrected chi connectivity index (χ3v) is 5.07. The lowest BCUT2D eigenvalue weighted by atomic mass is 10.0. The normalized spacial score (nSPS) is 17.6. The summed E-state index contributed by atoms with van der Waals surface area (Å²) in [4.78, 5) is 17.5. The van der Waals surface area contributed by atoms with Gasteiger partial charge in [-0.05, 0) is 79.4 Å². The summed E-state index contributed by atoms with van der Waals surface area (Å²) in [7, 11) is 0. The Bertz CT molecular complexity index is 881. The van der Waals surface area contributed by atoms with Gasteiger partial charge in [-0.3, -0.25) is 4.79 Å². The quantitative estimate of drug-likeness (QED) is 0.800. The van der Waals surface area contributed by atoms with Crippen molar-refractivity contribution in [3.05, 3.63) is 69.1 Å². The number of hydrogen-bond acceptors (Lipinski definition) is 3. The first-order valence-corrected chi connectivity index (χ1v) is 8.69. The predicted molar refractivity (Wildman–Crippen MR) is 103 cm³/mol. The minimum Gasteiger partial charge on any atom is -0.300 e. The number of carbonyl (C=O) groups excluding carboxylic acids is 1. The number of carbonyl (C=O) groups is 1. The lowest BCUT2D eigenvalue weighted by Crippen LogP contribution is -2.19. The monoisotopic (exact) mass is 336 g/mol. The molecule has 0 aliphatic carbocycles. The Balaban J connectivity index is 1.91. The second kappa shape index (κ2) is 6.65. The largest absolute Gasteiger partial charge is 0.300 e. The fraction of sp³-hybridized carbons (Fsp3) is 0.200. The first-order chi connectivity index (χ1) is 11.4. The van der Waals surface area contributed by atoms with Crippen LogP contribution in [0, 0.1) is 27.7 Å². The van der Waals surface area contributed by atoms with Gasteiger partial charge in [0.25, 0.3) is 5.91 Å². The summed E-state index contributed by atoms with van der Waals surface area (Å²) in [6.07, 6.45) is 1.95. The van der Waals surface area contributed by atoms with Crippen LogP contribution in [0.1, 0.15) is 27.8 Å². The second-order valence-electron chi connectivity index (χ2n) is 6.06. The van der Waals surface area contributed by atoms with Crippen LogP contribution in [0.2, 0.25) is 0 Å². The molecule has 1 amide bonds. The zero-order valence-electron chi connectivity index (χ0n) is 14.3. The Morgan fingerprint density at radius 3 is 2.42 bits per heavy atom. The van der Waals surface area contributed by atoms with E-state index < -0.39 is 0 Å². The maximum absolute atomic E-state index is 12.2. The number of nitrogens with zero attached hydrogens (tertiary/aromatic N) is 1. The van der Waals surface area contributed by atoms with Crippen LogP contribution in [0.5, 0.6) is 0 Å². The molecule has 1 saturated heterocycles. The smallest absolute Gasteiger partial charge is 0.264 e. The highest BCUT2D eigenvalue weighted by Crippen LogP contribution is 2.30. The highest BCUT2D eigenvalue weighted by atomic mass is 32.2. The summed E-state index contributed by atoms with van der Waals surface area (Å²) in [5, 5.41) is 3.48. The molecule has 122 valence electrons. The minimum absolute atomic E-state index is 0.0926. The lowest BCUT2D eigenvalue weighted by molar-refractivity contribution is -0.115. The molecule has 3 rings (SSSR count). The van der Waals surface area contributed by atoms with Crippen LogP contribution in [0.4, 0.5) is 5.69 Å². The number of para-hydroxylation sites is 1. The van der Waals surface area contributed by atoms with Crippen molar-refractivity contribution in [3.63, 3.8) is 0 Å². The second-order valence-corrected chi connectivity index (χ2v) is 7.09. The van der Waals surface area contributed by atoms with Crippen LogP contribution in [0.3, 0.4) is 0 Å². The Kier molecular flexibility index (Phi) is 4.58. The van der Waals surface area contributed by atoms with Gasteiger partial charge in [0.15, 0.2) is 5.17 Å². The number of benzene rings is 2. The Morgan fingerprint density at radius 1 is 0.958 bits per heavy atom. The average molecular weight is 336 g/mol. The topological polar surface area (TPSA) is 41.5 Å². The summed E-state index contributed by atoms with van der Waals surface area (Å²) >= 11 is 1.39.